The van der Waals surface area contributed by atoms with Crippen molar-refractivity contribution in [1.29, 1.82) is 0 Å². The maximum Gasteiger partial charge on any atom is 0.280 e. The van der Waals surface area contributed by atoms with Gasteiger partial charge in [0.2, 0.25) is 0 Å². The summed E-state index contributed by atoms with van der Waals surface area (Å²) in [6.45, 7) is -1.17. The van der Waals surface area contributed by atoms with E-state index in [1.165, 1.54) is 10.9 Å². The molecule has 1 aliphatic heterocycles. The Labute approximate surface area is 225 Å². The minimum Gasteiger partial charge on any atom is -0.756 e. The van der Waals surface area contributed by atoms with Crippen LogP contribution in [0.2, 0.25) is 0 Å². The van der Waals surface area contributed by atoms with Gasteiger partial charge in [0.25, 0.3) is 31.3 Å². The molecule has 21 nitrogen and oxygen atoms in total. The van der Waals surface area contributed by atoms with Gasteiger partial charge in [-0.2, -0.15) is 0 Å². The van der Waals surface area contributed by atoms with E-state index >= 15 is 0 Å². The molecule has 228 valence electrons. The summed E-state index contributed by atoms with van der Waals surface area (Å²) in [5.41, 5.74) is 11.5. The van der Waals surface area contributed by atoms with Crippen molar-refractivity contribution in [2.75, 3.05) is 25.5 Å². The lowest BCUT2D eigenvalue weighted by Crippen LogP contribution is -2.27. The Morgan fingerprint density at radius 2 is 1.57 bits per heavy atom. The number of aliphatic hydroxyl groups is 1. The fourth-order valence-electron chi connectivity index (χ4n) is 3.33. The highest BCUT2D eigenvalue weighted by molar-refractivity contribution is 7.68. The predicted octanol–water partition coefficient (Wildman–Crippen LogP) is -1.86. The van der Waals surface area contributed by atoms with E-state index in [-0.39, 0.29) is 29.8 Å². The minimum absolute atomic E-state index is 0.0767. The van der Waals surface area contributed by atoms with E-state index in [1.54, 1.807) is 0 Å². The Bertz CT molecular complexity index is 1360. The molecular formula is C15H24N6O15P4-4. The van der Waals surface area contributed by atoms with Crippen molar-refractivity contribution in [1.82, 2.24) is 19.5 Å². The molecule has 0 aliphatic carbocycles. The molecule has 0 aromatic carbocycles. The van der Waals surface area contributed by atoms with Crippen LogP contribution in [-0.2, 0) is 45.0 Å². The van der Waals surface area contributed by atoms with E-state index in [0.29, 0.717) is 19.4 Å². The van der Waals surface area contributed by atoms with Gasteiger partial charge in [0.1, 0.15) is 24.2 Å². The number of hydrogen-bond acceptors (Lipinski definition) is 20. The number of aliphatic hydroxyl groups excluding tert-OH is 1. The number of aromatic nitrogens is 4. The minimum atomic E-state index is -6.35. The van der Waals surface area contributed by atoms with Crippen LogP contribution in [0, 0.1) is 0 Å². The van der Waals surface area contributed by atoms with Gasteiger partial charge in [0, 0.05) is 6.42 Å². The van der Waals surface area contributed by atoms with Crippen molar-refractivity contribution < 1.29 is 69.7 Å². The third-order valence-electron chi connectivity index (χ3n) is 5.00. The van der Waals surface area contributed by atoms with Crippen LogP contribution < -0.4 is 31.0 Å². The van der Waals surface area contributed by atoms with Crippen LogP contribution in [0.15, 0.2) is 12.7 Å². The van der Waals surface area contributed by atoms with Gasteiger partial charge in [0.05, 0.1) is 25.6 Å². The van der Waals surface area contributed by atoms with Gasteiger partial charge >= 0.3 is 0 Å². The number of nitrogens with two attached hydrogens (primary N) is 2. The number of imidazole rings is 1. The van der Waals surface area contributed by atoms with Crippen LogP contribution in [0.1, 0.15) is 31.9 Å². The molecule has 25 heteroatoms. The lowest BCUT2D eigenvalue weighted by Gasteiger charge is -2.36. The third-order valence-corrected chi connectivity index (χ3v) is 10.8. The average Bonchev–Trinajstić information content (AvgIpc) is 3.39. The number of ether oxygens (including phenoxy) is 1. The van der Waals surface area contributed by atoms with Gasteiger partial charge in [-0.15, -0.1) is 0 Å². The lowest BCUT2D eigenvalue weighted by molar-refractivity contribution is -0.254. The summed E-state index contributed by atoms with van der Waals surface area (Å²) in [5.74, 6) is 0.0767. The first-order valence-corrected chi connectivity index (χ1v) is 17.0. The van der Waals surface area contributed by atoms with Gasteiger partial charge in [0.15, 0.2) is 11.5 Å². The van der Waals surface area contributed by atoms with Crippen LogP contribution in [0.3, 0.4) is 0 Å². The smallest absolute Gasteiger partial charge is 0.280 e. The summed E-state index contributed by atoms with van der Waals surface area (Å²) in [4.78, 5) is 59.0. The zero-order chi connectivity index (χ0) is 29.8. The van der Waals surface area contributed by atoms with Crippen molar-refractivity contribution in [2.24, 2.45) is 5.73 Å². The third kappa shape index (κ3) is 9.68. The van der Waals surface area contributed by atoms with E-state index in [2.05, 4.69) is 36.9 Å². The summed E-state index contributed by atoms with van der Waals surface area (Å²) >= 11 is 0. The summed E-state index contributed by atoms with van der Waals surface area (Å²) in [7, 11) is -24.1. The number of nitrogens with zero attached hydrogens (tertiary/aromatic N) is 4. The molecule has 1 saturated heterocycles. The quantitative estimate of drug-likeness (QED) is 0.132. The highest BCUT2D eigenvalue weighted by atomic mass is 31.3. The van der Waals surface area contributed by atoms with E-state index in [9.17, 15) is 42.9 Å². The summed E-state index contributed by atoms with van der Waals surface area (Å²) in [6, 6.07) is 0. The van der Waals surface area contributed by atoms with Gasteiger partial charge < -0.3 is 49.9 Å². The number of fused-ring (bicyclic) bond motifs is 1. The summed E-state index contributed by atoms with van der Waals surface area (Å²) < 4.78 is 73.4. The maximum absolute atomic E-state index is 12.0. The van der Waals surface area contributed by atoms with E-state index in [4.69, 9.17) is 16.2 Å². The zero-order valence-corrected chi connectivity index (χ0v) is 23.8. The van der Waals surface area contributed by atoms with Gasteiger partial charge in [-0.05, 0) is 25.8 Å². The lowest BCUT2D eigenvalue weighted by atomic mass is 10.2. The van der Waals surface area contributed by atoms with Crippen molar-refractivity contribution in [3.63, 3.8) is 0 Å². The Balaban J connectivity index is 1.53. The molecule has 0 spiro atoms. The Kier molecular flexibility index (Phi) is 11.2. The number of rotatable bonds is 16. The van der Waals surface area contributed by atoms with Gasteiger partial charge in [-0.3, -0.25) is 22.8 Å². The molecule has 3 heterocycles. The average molecular weight is 652 g/mol. The Hall–Kier alpha value is -1.21. The number of unbranched alkanes of at least 4 members (excludes halogenated alkanes) is 2. The van der Waals surface area contributed by atoms with Crippen LogP contribution >= 0.6 is 31.3 Å². The standard InChI is InChI=1S/C15H28N6O15P4/c16-4-2-1-3-5-31-37(23,24)34-39(27,28)36-40(29,30)35-38(25,26)32-7-11-10(22)6-12(33-11)21-9-20-13-14(17)18-8-19-15(13)21/h8-12,22H,1-7,16H2,(H,23,24)(H,25,26)(H,27,28)(H,29,30)(H2,17,18,19)/p-4/t10?,11-,12-/m1/s1. The molecule has 7 atom stereocenters. The zero-order valence-electron chi connectivity index (χ0n) is 20.2. The van der Waals surface area contributed by atoms with Crippen LogP contribution in [0.25, 0.3) is 11.2 Å². The molecule has 40 heavy (non-hydrogen) atoms. The topological polar surface area (TPSA) is 332 Å². The predicted molar refractivity (Wildman–Crippen MR) is 123 cm³/mol. The highest BCUT2D eigenvalue weighted by Crippen LogP contribution is 2.66. The van der Waals surface area contributed by atoms with Crippen molar-refractivity contribution in [3.8, 4) is 0 Å². The summed E-state index contributed by atoms with van der Waals surface area (Å²) in [6.07, 6.45) is -0.109. The molecule has 0 saturated carbocycles. The number of phosphoric acid groups is 4. The maximum atomic E-state index is 12.0. The second-order valence-corrected chi connectivity index (χ2v) is 14.1. The molecule has 2 aromatic heterocycles. The van der Waals surface area contributed by atoms with E-state index < -0.39 is 62.9 Å². The summed E-state index contributed by atoms with van der Waals surface area (Å²) in [5, 5.41) is 10.2. The van der Waals surface area contributed by atoms with Gasteiger partial charge in [-0.25, -0.2) is 27.9 Å². The first kappa shape index (κ1) is 33.3. The fourth-order valence-corrected chi connectivity index (χ4v) is 8.10. The van der Waals surface area contributed by atoms with Crippen molar-refractivity contribution >= 4 is 48.3 Å². The molecule has 0 amide bonds. The molecule has 2 aromatic rings. The number of hydrogen-bond donors (Lipinski definition) is 3. The number of anilines is 1. The monoisotopic (exact) mass is 652 g/mol. The van der Waals surface area contributed by atoms with Gasteiger partial charge in [-0.1, -0.05) is 0 Å². The fraction of sp³-hybridized carbons (Fsp3) is 0.667. The largest absolute Gasteiger partial charge is 0.756 e. The van der Waals surface area contributed by atoms with E-state index in [1.807, 2.05) is 0 Å². The first-order chi connectivity index (χ1) is 18.5. The SMILES string of the molecule is NCCCCCOP(=O)([O-])OP(=O)([O-])OP(=O)([O-])OP(=O)([O-])OC[C@H]1O[C@@H](n2cnc3c(N)ncnc32)CC1O. The molecule has 0 bridgehead atoms. The highest BCUT2D eigenvalue weighted by Gasteiger charge is 2.37. The molecule has 3 rings (SSSR count). The number of phosphoric ester groups is 2. The molecule has 5 unspecified atom stereocenters. The number of nitrogen functional groups attached to an aromatic ring is 1. The molecule has 5 N–H and O–H groups in total. The molecule has 0 radical (unpaired) electrons. The second-order valence-electron chi connectivity index (χ2n) is 8.03. The molecule has 1 aliphatic rings. The Morgan fingerprint density at radius 1 is 0.950 bits per heavy atom. The van der Waals surface area contributed by atoms with Crippen LogP contribution in [0.4, 0.5) is 5.82 Å². The van der Waals surface area contributed by atoms with Crippen molar-refractivity contribution in [2.45, 2.75) is 44.1 Å². The van der Waals surface area contributed by atoms with Crippen molar-refractivity contribution in [3.05, 3.63) is 12.7 Å². The van der Waals surface area contributed by atoms with E-state index in [0.717, 1.165) is 6.33 Å². The normalized spacial score (nSPS) is 25.7. The molecular weight excluding hydrogens is 628 g/mol. The Morgan fingerprint density at radius 3 is 2.23 bits per heavy atom. The van der Waals surface area contributed by atoms with Crippen LogP contribution in [0.5, 0.6) is 0 Å². The second kappa shape index (κ2) is 13.4. The molecule has 1 fully saturated rings. The first-order valence-electron chi connectivity index (χ1n) is 11.2. The van der Waals surface area contributed by atoms with Crippen LogP contribution in [-0.4, -0.2) is 56.6 Å².